The van der Waals surface area contributed by atoms with Crippen molar-refractivity contribution >= 4 is 0 Å². The van der Waals surface area contributed by atoms with Gasteiger partial charge in [-0.15, -0.1) is 0 Å². The third-order valence-electron chi connectivity index (χ3n) is 0.289. The standard InChI is InChI=1S/C4H10.C3H8O/c1-4(2)3;1-3-4-2/h4H,1-3H3;3H2,1-2H3. The highest BCUT2D eigenvalue weighted by atomic mass is 16.5. The van der Waals surface area contributed by atoms with E-state index in [0.717, 1.165) is 12.5 Å². The number of hydrogen-bond donors (Lipinski definition) is 0. The molecule has 0 aromatic carbocycles. The Kier molecular flexibility index (Phi) is 13.6. The van der Waals surface area contributed by atoms with E-state index in [2.05, 4.69) is 25.5 Å². The zero-order valence-corrected chi connectivity index (χ0v) is 6.69. The summed E-state index contributed by atoms with van der Waals surface area (Å²) in [4.78, 5) is 0. The van der Waals surface area contributed by atoms with Crippen molar-refractivity contribution in [3.8, 4) is 0 Å². The molecule has 1 nitrogen and oxygen atoms in total. The van der Waals surface area contributed by atoms with E-state index in [9.17, 15) is 0 Å². The van der Waals surface area contributed by atoms with Crippen LogP contribution >= 0.6 is 0 Å². The van der Waals surface area contributed by atoms with Crippen LogP contribution in [-0.2, 0) is 4.74 Å². The molecule has 0 unspecified atom stereocenters. The highest BCUT2D eigenvalue weighted by molar-refractivity contribution is 4.20. The summed E-state index contributed by atoms with van der Waals surface area (Å²) >= 11 is 0. The average molecular weight is 118 g/mol. The minimum atomic E-state index is 0.819. The Morgan fingerprint density at radius 1 is 1.25 bits per heavy atom. The van der Waals surface area contributed by atoms with Gasteiger partial charge in [-0.3, -0.25) is 0 Å². The third-order valence-corrected chi connectivity index (χ3v) is 0.289. The van der Waals surface area contributed by atoms with Gasteiger partial charge < -0.3 is 4.74 Å². The lowest BCUT2D eigenvalue weighted by Gasteiger charge is -1.79. The summed E-state index contributed by atoms with van der Waals surface area (Å²) in [5.74, 6) is 0.833. The molecule has 1 heteroatoms. The van der Waals surface area contributed by atoms with Gasteiger partial charge in [-0.05, 0) is 12.8 Å². The van der Waals surface area contributed by atoms with Crippen molar-refractivity contribution in [2.45, 2.75) is 27.7 Å². The van der Waals surface area contributed by atoms with Gasteiger partial charge in [0.15, 0.2) is 0 Å². The molecule has 0 amide bonds. The number of rotatable bonds is 1. The highest BCUT2D eigenvalue weighted by Gasteiger charge is 1.68. The second-order valence-electron chi connectivity index (χ2n) is 2.31. The van der Waals surface area contributed by atoms with Crippen molar-refractivity contribution in [3.05, 3.63) is 0 Å². The summed E-state index contributed by atoms with van der Waals surface area (Å²) in [7, 11) is 1.68. The molecule has 0 saturated carbocycles. The molecule has 8 heavy (non-hydrogen) atoms. The number of ether oxygens (including phenoxy) is 1. The van der Waals surface area contributed by atoms with Crippen LogP contribution in [0.1, 0.15) is 27.7 Å². The SMILES string of the molecule is CC(C)C.CCOC. The lowest BCUT2D eigenvalue weighted by Crippen LogP contribution is -1.73. The van der Waals surface area contributed by atoms with Gasteiger partial charge in [0, 0.05) is 13.7 Å². The summed E-state index contributed by atoms with van der Waals surface area (Å²) in [5, 5.41) is 0. The molecule has 52 valence electrons. The van der Waals surface area contributed by atoms with Gasteiger partial charge in [-0.25, -0.2) is 0 Å². The van der Waals surface area contributed by atoms with Crippen LogP contribution in [-0.4, -0.2) is 13.7 Å². The quantitative estimate of drug-likeness (QED) is 0.513. The van der Waals surface area contributed by atoms with E-state index in [-0.39, 0.29) is 0 Å². The molecular formula is C7H18O. The van der Waals surface area contributed by atoms with E-state index in [1.807, 2.05) is 6.92 Å². The van der Waals surface area contributed by atoms with E-state index in [1.54, 1.807) is 7.11 Å². The summed E-state index contributed by atoms with van der Waals surface area (Å²) in [6.45, 7) is 9.28. The zero-order valence-electron chi connectivity index (χ0n) is 6.69. The van der Waals surface area contributed by atoms with Crippen LogP contribution in [0.15, 0.2) is 0 Å². The number of hydrogen-bond acceptors (Lipinski definition) is 1. The van der Waals surface area contributed by atoms with E-state index in [4.69, 9.17) is 0 Å². The summed E-state index contributed by atoms with van der Waals surface area (Å²) in [6, 6.07) is 0. The third kappa shape index (κ3) is 159. The fourth-order valence-corrected chi connectivity index (χ4v) is 0. The minimum Gasteiger partial charge on any atom is -0.385 e. The lowest BCUT2D eigenvalue weighted by molar-refractivity contribution is 0.215. The van der Waals surface area contributed by atoms with Crippen LogP contribution in [0, 0.1) is 5.92 Å². The molecule has 0 rings (SSSR count). The van der Waals surface area contributed by atoms with Crippen LogP contribution in [0.4, 0.5) is 0 Å². The van der Waals surface area contributed by atoms with E-state index in [1.165, 1.54) is 0 Å². The maximum atomic E-state index is 4.54. The normalized spacial score (nSPS) is 8.25. The molecule has 0 radical (unpaired) electrons. The molecule has 0 aromatic rings. The topological polar surface area (TPSA) is 9.23 Å². The van der Waals surface area contributed by atoms with Gasteiger partial charge in [-0.1, -0.05) is 20.8 Å². The van der Waals surface area contributed by atoms with Crippen molar-refractivity contribution in [3.63, 3.8) is 0 Å². The lowest BCUT2D eigenvalue weighted by atomic mass is 10.3. The Morgan fingerprint density at radius 2 is 1.38 bits per heavy atom. The Bertz CT molecular complexity index is 20.8. The molecule has 0 saturated heterocycles. The van der Waals surface area contributed by atoms with Crippen LogP contribution in [0.25, 0.3) is 0 Å². The minimum absolute atomic E-state index is 0.819. The maximum Gasteiger partial charge on any atom is 0.0433 e. The Labute approximate surface area is 53.0 Å². The molecule has 0 spiro atoms. The van der Waals surface area contributed by atoms with Gasteiger partial charge in [0.25, 0.3) is 0 Å². The Balaban J connectivity index is 0. The molecule has 0 aromatic heterocycles. The summed E-state index contributed by atoms with van der Waals surface area (Å²) in [5.41, 5.74) is 0. The van der Waals surface area contributed by atoms with Gasteiger partial charge in [0.05, 0.1) is 0 Å². The van der Waals surface area contributed by atoms with Crippen molar-refractivity contribution in [2.24, 2.45) is 5.92 Å². The first kappa shape index (κ1) is 10.9. The molecule has 0 N–H and O–H groups in total. The summed E-state index contributed by atoms with van der Waals surface area (Å²) < 4.78 is 4.54. The molecule has 0 bridgehead atoms. The van der Waals surface area contributed by atoms with Gasteiger partial charge in [-0.2, -0.15) is 0 Å². The van der Waals surface area contributed by atoms with Crippen LogP contribution < -0.4 is 0 Å². The Morgan fingerprint density at radius 3 is 1.38 bits per heavy atom. The molecule has 0 aliphatic rings. The van der Waals surface area contributed by atoms with Crippen molar-refractivity contribution in [2.75, 3.05) is 13.7 Å². The van der Waals surface area contributed by atoms with Crippen LogP contribution in [0.3, 0.4) is 0 Å². The smallest absolute Gasteiger partial charge is 0.0433 e. The largest absolute Gasteiger partial charge is 0.385 e. The van der Waals surface area contributed by atoms with Crippen molar-refractivity contribution < 1.29 is 4.74 Å². The second-order valence-corrected chi connectivity index (χ2v) is 2.31. The molecule has 0 heterocycles. The first-order chi connectivity index (χ1) is 3.65. The van der Waals surface area contributed by atoms with Crippen LogP contribution in [0.2, 0.25) is 0 Å². The fraction of sp³-hybridized carbons (Fsp3) is 1.00. The predicted molar refractivity (Wildman–Crippen MR) is 38.1 cm³/mol. The first-order valence-corrected chi connectivity index (χ1v) is 3.14. The average Bonchev–Trinajstić information content (AvgIpc) is 1.65. The number of methoxy groups -OCH3 is 1. The van der Waals surface area contributed by atoms with Crippen LogP contribution in [0.5, 0.6) is 0 Å². The monoisotopic (exact) mass is 118 g/mol. The molecule has 0 aliphatic heterocycles. The molecule has 0 fully saturated rings. The van der Waals surface area contributed by atoms with E-state index in [0.29, 0.717) is 0 Å². The first-order valence-electron chi connectivity index (χ1n) is 3.14. The fourth-order valence-electron chi connectivity index (χ4n) is 0. The Hall–Kier alpha value is -0.0400. The maximum absolute atomic E-state index is 4.54. The highest BCUT2D eigenvalue weighted by Crippen LogP contribution is 1.81. The molecule has 0 atom stereocenters. The zero-order chi connectivity index (χ0) is 6.99. The van der Waals surface area contributed by atoms with Gasteiger partial charge in [0.2, 0.25) is 0 Å². The van der Waals surface area contributed by atoms with E-state index >= 15 is 0 Å². The van der Waals surface area contributed by atoms with Gasteiger partial charge >= 0.3 is 0 Å². The molecule has 0 aliphatic carbocycles. The van der Waals surface area contributed by atoms with Crippen molar-refractivity contribution in [1.82, 2.24) is 0 Å². The summed E-state index contributed by atoms with van der Waals surface area (Å²) in [6.07, 6.45) is 0. The van der Waals surface area contributed by atoms with Gasteiger partial charge in [0.1, 0.15) is 0 Å². The van der Waals surface area contributed by atoms with E-state index < -0.39 is 0 Å². The predicted octanol–water partition coefficient (Wildman–Crippen LogP) is 2.32. The second kappa shape index (κ2) is 10.0. The molecular weight excluding hydrogens is 100 g/mol. The van der Waals surface area contributed by atoms with Crippen molar-refractivity contribution in [1.29, 1.82) is 0 Å².